The molecule has 1 aliphatic heterocycles. The van der Waals surface area contributed by atoms with Crippen LogP contribution < -0.4 is 9.62 Å². The first-order chi connectivity index (χ1) is 21.1. The zero-order valence-electron chi connectivity index (χ0n) is 25.2. The second kappa shape index (κ2) is 10.8. The van der Waals surface area contributed by atoms with E-state index in [1.54, 1.807) is 11.0 Å². The summed E-state index contributed by atoms with van der Waals surface area (Å²) in [6.07, 6.45) is -1.10. The average Bonchev–Trinajstić information content (AvgIpc) is 3.40. The normalized spacial score (nSPS) is 20.2. The molecule has 2 atom stereocenters. The van der Waals surface area contributed by atoms with Crippen molar-refractivity contribution in [3.05, 3.63) is 29.5 Å². The molecule has 0 spiro atoms. The number of hydrogen-bond donors (Lipinski definition) is 1. The number of fused-ring (bicyclic) bond motifs is 3. The average molecular weight is 660 g/mol. The maximum atomic E-state index is 13.5. The van der Waals surface area contributed by atoms with Crippen LogP contribution in [0.1, 0.15) is 58.9 Å². The first-order valence-electron chi connectivity index (χ1n) is 14.3. The van der Waals surface area contributed by atoms with Crippen molar-refractivity contribution in [2.24, 2.45) is 0 Å². The van der Waals surface area contributed by atoms with E-state index in [4.69, 9.17) is 4.74 Å². The van der Waals surface area contributed by atoms with Crippen LogP contribution in [0.4, 0.5) is 19.4 Å². The fourth-order valence-electron chi connectivity index (χ4n) is 5.46. The quantitative estimate of drug-likeness (QED) is 0.312. The molecule has 0 bridgehead atoms. The van der Waals surface area contributed by atoms with Crippen LogP contribution in [-0.2, 0) is 14.8 Å². The van der Waals surface area contributed by atoms with E-state index in [0.29, 0.717) is 65.0 Å². The van der Waals surface area contributed by atoms with E-state index >= 15 is 0 Å². The monoisotopic (exact) mass is 659 g/mol. The second-order valence-electron chi connectivity index (χ2n) is 12.4. The standard InChI is InChI=1S/C28H31F2N9O4S2/c1-15-12-38(26(40)43-27(3,4)5)16(2)11-37(15)22-20-18-7-6-17(45(41,42)36-28(13-31)8-9-28)10-19(18)39(23(20)33-14-32-22)25-35-34-24(44-25)21(29)30/h6-7,10,14-16,21,36H,8-9,11-12H2,1-5H3. The van der Waals surface area contributed by atoms with Crippen molar-refractivity contribution < 1.29 is 26.7 Å². The number of benzene rings is 1. The van der Waals surface area contributed by atoms with E-state index in [-0.39, 0.29) is 22.1 Å². The van der Waals surface area contributed by atoms with Gasteiger partial charge in [0.1, 0.15) is 23.3 Å². The summed E-state index contributed by atoms with van der Waals surface area (Å²) in [6.45, 7) is 10.1. The van der Waals surface area contributed by atoms with Crippen LogP contribution in [0.15, 0.2) is 29.4 Å². The van der Waals surface area contributed by atoms with E-state index < -0.39 is 38.7 Å². The van der Waals surface area contributed by atoms with Gasteiger partial charge in [-0.2, -0.15) is 9.98 Å². The molecule has 1 aliphatic carbocycles. The second-order valence-corrected chi connectivity index (χ2v) is 15.1. The Morgan fingerprint density at radius 2 is 1.91 bits per heavy atom. The Morgan fingerprint density at radius 1 is 1.18 bits per heavy atom. The van der Waals surface area contributed by atoms with Gasteiger partial charge in [-0.25, -0.2) is 32.0 Å². The highest BCUT2D eigenvalue weighted by Crippen LogP contribution is 2.40. The SMILES string of the molecule is CC1CN(c2ncnc3c2c2ccc(S(=O)(=O)NC4(C#N)CC4)cc2n3-c2nnc(C(F)F)s2)C(C)CN1C(=O)OC(C)(C)C. The van der Waals surface area contributed by atoms with Gasteiger partial charge >= 0.3 is 6.09 Å². The molecule has 2 aliphatic rings. The predicted octanol–water partition coefficient (Wildman–Crippen LogP) is 4.53. The third-order valence-corrected chi connectivity index (χ3v) is 10.2. The van der Waals surface area contributed by atoms with Gasteiger partial charge in [-0.15, -0.1) is 10.2 Å². The Hall–Kier alpha value is -4.01. The molecule has 1 aromatic carbocycles. The number of ether oxygens (including phenoxy) is 1. The zero-order chi connectivity index (χ0) is 32.5. The predicted molar refractivity (Wildman–Crippen MR) is 162 cm³/mol. The molecule has 6 rings (SSSR count). The molecule has 3 aromatic heterocycles. The molecular formula is C28H31F2N9O4S2. The number of carbonyl (C=O) groups is 1. The van der Waals surface area contributed by atoms with Crippen LogP contribution >= 0.6 is 11.3 Å². The van der Waals surface area contributed by atoms with Crippen LogP contribution in [0.2, 0.25) is 0 Å². The zero-order valence-corrected chi connectivity index (χ0v) is 26.8. The summed E-state index contributed by atoms with van der Waals surface area (Å²) in [5.41, 5.74) is -1.14. The Morgan fingerprint density at radius 3 is 2.53 bits per heavy atom. The number of hydrogen-bond acceptors (Lipinski definition) is 11. The molecule has 2 fully saturated rings. The van der Waals surface area contributed by atoms with E-state index in [9.17, 15) is 27.3 Å². The number of nitriles is 1. The number of carbonyl (C=O) groups excluding carboxylic acids is 1. The molecule has 2 unspecified atom stereocenters. The topological polar surface area (TPSA) is 159 Å². The minimum Gasteiger partial charge on any atom is -0.444 e. The molecule has 17 heteroatoms. The molecule has 4 heterocycles. The minimum absolute atomic E-state index is 0.0734. The molecule has 4 aromatic rings. The lowest BCUT2D eigenvalue weighted by atomic mass is 10.1. The van der Waals surface area contributed by atoms with Crippen LogP contribution in [-0.4, -0.2) is 80.5 Å². The number of aromatic nitrogens is 5. The van der Waals surface area contributed by atoms with E-state index in [0.717, 1.165) is 0 Å². The van der Waals surface area contributed by atoms with Gasteiger partial charge in [0.2, 0.25) is 15.2 Å². The summed E-state index contributed by atoms with van der Waals surface area (Å²) in [7, 11) is -4.11. The lowest BCUT2D eigenvalue weighted by molar-refractivity contribution is 0.0130. The Labute approximate surface area is 261 Å². The van der Waals surface area contributed by atoms with Gasteiger partial charge in [0, 0.05) is 30.6 Å². The lowest BCUT2D eigenvalue weighted by Crippen LogP contribution is -2.59. The van der Waals surface area contributed by atoms with Crippen molar-refractivity contribution in [3.63, 3.8) is 0 Å². The Balaban J connectivity index is 1.49. The van der Waals surface area contributed by atoms with Crippen LogP contribution in [0, 0.1) is 11.3 Å². The fraction of sp³-hybridized carbons (Fsp3) is 0.500. The molecule has 0 radical (unpaired) electrons. The largest absolute Gasteiger partial charge is 0.444 e. The minimum atomic E-state index is -4.11. The summed E-state index contributed by atoms with van der Waals surface area (Å²) >= 11 is 0.666. The molecule has 1 saturated heterocycles. The maximum absolute atomic E-state index is 13.5. The molecule has 1 amide bonds. The van der Waals surface area contributed by atoms with Crippen molar-refractivity contribution in [2.75, 3.05) is 18.0 Å². The van der Waals surface area contributed by atoms with Gasteiger partial charge in [0.15, 0.2) is 10.7 Å². The Bertz CT molecular complexity index is 1960. The fourth-order valence-corrected chi connectivity index (χ4v) is 7.57. The number of amides is 1. The summed E-state index contributed by atoms with van der Waals surface area (Å²) in [4.78, 5) is 25.7. The first kappa shape index (κ1) is 31.0. The van der Waals surface area contributed by atoms with Gasteiger partial charge < -0.3 is 14.5 Å². The summed E-state index contributed by atoms with van der Waals surface area (Å²) in [5, 5.41) is 17.8. The van der Waals surface area contributed by atoms with Crippen LogP contribution in [0.5, 0.6) is 0 Å². The van der Waals surface area contributed by atoms with Crippen molar-refractivity contribution in [3.8, 4) is 11.2 Å². The molecule has 1 N–H and O–H groups in total. The highest BCUT2D eigenvalue weighted by atomic mass is 32.2. The third-order valence-electron chi connectivity index (χ3n) is 7.80. The number of nitrogens with one attached hydrogen (secondary N) is 1. The van der Waals surface area contributed by atoms with Gasteiger partial charge in [-0.3, -0.25) is 4.57 Å². The number of piperazine rings is 1. The van der Waals surface area contributed by atoms with E-state index in [2.05, 4.69) is 24.9 Å². The highest BCUT2D eigenvalue weighted by molar-refractivity contribution is 7.89. The lowest BCUT2D eigenvalue weighted by Gasteiger charge is -2.44. The third kappa shape index (κ3) is 5.66. The van der Waals surface area contributed by atoms with Gasteiger partial charge in [0.05, 0.1) is 21.9 Å². The van der Waals surface area contributed by atoms with Gasteiger partial charge in [-0.05, 0) is 59.6 Å². The maximum Gasteiger partial charge on any atom is 0.410 e. The molecule has 13 nitrogen and oxygen atoms in total. The smallest absolute Gasteiger partial charge is 0.410 e. The highest BCUT2D eigenvalue weighted by Gasteiger charge is 2.47. The summed E-state index contributed by atoms with van der Waals surface area (Å²) in [5.74, 6) is 0.528. The molecule has 238 valence electrons. The van der Waals surface area contributed by atoms with E-state index in [1.807, 2.05) is 45.6 Å². The molecular weight excluding hydrogens is 628 g/mol. The number of halogens is 2. The molecule has 1 saturated carbocycles. The van der Waals surface area contributed by atoms with Crippen molar-refractivity contribution >= 4 is 55.2 Å². The van der Waals surface area contributed by atoms with Gasteiger partial charge in [0.25, 0.3) is 6.43 Å². The van der Waals surface area contributed by atoms with Crippen molar-refractivity contribution in [1.29, 1.82) is 5.26 Å². The number of sulfonamides is 1. The first-order valence-corrected chi connectivity index (χ1v) is 16.6. The number of rotatable bonds is 6. The molecule has 45 heavy (non-hydrogen) atoms. The van der Waals surface area contributed by atoms with Crippen LogP contribution in [0.3, 0.4) is 0 Å². The number of nitrogens with zero attached hydrogens (tertiary/aromatic N) is 8. The van der Waals surface area contributed by atoms with Gasteiger partial charge in [-0.1, -0.05) is 17.4 Å². The summed E-state index contributed by atoms with van der Waals surface area (Å²) in [6, 6.07) is 6.02. The van der Waals surface area contributed by atoms with Crippen molar-refractivity contribution in [1.82, 2.24) is 34.4 Å². The number of anilines is 1. The Kier molecular flexibility index (Phi) is 7.45. The summed E-state index contributed by atoms with van der Waals surface area (Å²) < 4.78 is 63.4. The van der Waals surface area contributed by atoms with Crippen LogP contribution in [0.25, 0.3) is 27.1 Å². The van der Waals surface area contributed by atoms with Crippen molar-refractivity contribution in [2.45, 2.75) is 82.0 Å². The number of alkyl halides is 2. The van der Waals surface area contributed by atoms with E-state index in [1.165, 1.54) is 23.0 Å².